The fourth-order valence-corrected chi connectivity index (χ4v) is 5.16. The van der Waals surface area contributed by atoms with Crippen LogP contribution in [0.3, 0.4) is 0 Å². The normalized spacial score (nSPS) is 17.4. The van der Waals surface area contributed by atoms with E-state index in [1.54, 1.807) is 40.0 Å². The van der Waals surface area contributed by atoms with E-state index >= 15 is 0 Å². The highest BCUT2D eigenvalue weighted by Crippen LogP contribution is 2.40. The van der Waals surface area contributed by atoms with E-state index < -0.39 is 6.04 Å². The average molecular weight is 500 g/mol. The summed E-state index contributed by atoms with van der Waals surface area (Å²) in [5.74, 6) is -0.711. The maximum Gasteiger partial charge on any atom is 0.258 e. The summed E-state index contributed by atoms with van der Waals surface area (Å²) in [5, 5.41) is 11.7. The van der Waals surface area contributed by atoms with Gasteiger partial charge in [0.25, 0.3) is 5.91 Å². The first-order valence-corrected chi connectivity index (χ1v) is 12.3. The van der Waals surface area contributed by atoms with Crippen LogP contribution in [-0.4, -0.2) is 37.3 Å². The third kappa shape index (κ3) is 4.11. The van der Waals surface area contributed by atoms with Crippen LogP contribution in [0.2, 0.25) is 0 Å². The first kappa shape index (κ1) is 22.4. The van der Waals surface area contributed by atoms with Crippen LogP contribution in [0.4, 0.5) is 8.78 Å². The molecule has 6 rings (SSSR count). The SMILES string of the molecule is O=C1CSC(N2N=C(c3ccccc3F)CC2c2cn(-c3ccccc3)nc2-c2ccc(F)cc2)=N1. The topological polar surface area (TPSA) is 62.9 Å². The molecule has 0 fully saturated rings. The quantitative estimate of drug-likeness (QED) is 0.367. The van der Waals surface area contributed by atoms with E-state index in [1.165, 1.54) is 30.0 Å². The molecule has 1 amide bonds. The summed E-state index contributed by atoms with van der Waals surface area (Å²) in [7, 11) is 0. The minimum absolute atomic E-state index is 0.233. The van der Waals surface area contributed by atoms with Crippen LogP contribution in [0, 0.1) is 11.6 Å². The van der Waals surface area contributed by atoms with Crippen LogP contribution in [0.25, 0.3) is 16.9 Å². The third-order valence-electron chi connectivity index (χ3n) is 6.08. The van der Waals surface area contributed by atoms with Crippen LogP contribution in [-0.2, 0) is 4.79 Å². The standard InChI is InChI=1S/C27H19F2N5OS/c28-18-12-10-17(11-13-18)26-21(15-33(32-26)19-6-2-1-3-7-19)24-14-23(20-8-4-5-9-22(20)29)31-34(24)27-30-25(35)16-36-27/h1-13,15,24H,14,16H2. The molecule has 9 heteroatoms. The molecule has 2 aliphatic heterocycles. The first-order chi connectivity index (χ1) is 17.6. The number of aromatic nitrogens is 2. The molecular formula is C27H19F2N5OS. The van der Waals surface area contributed by atoms with Gasteiger partial charge in [-0.3, -0.25) is 4.79 Å². The summed E-state index contributed by atoms with van der Waals surface area (Å²) in [6, 6.07) is 21.9. The molecule has 3 heterocycles. The lowest BCUT2D eigenvalue weighted by atomic mass is 9.96. The fraction of sp³-hybridized carbons (Fsp3) is 0.111. The predicted octanol–water partition coefficient (Wildman–Crippen LogP) is 5.60. The zero-order valence-electron chi connectivity index (χ0n) is 18.9. The summed E-state index contributed by atoms with van der Waals surface area (Å²) in [6.07, 6.45) is 2.29. The lowest BCUT2D eigenvalue weighted by Crippen LogP contribution is -2.24. The van der Waals surface area contributed by atoms with E-state index in [0.29, 0.717) is 28.6 Å². The molecule has 0 saturated heterocycles. The highest BCUT2D eigenvalue weighted by molar-refractivity contribution is 8.14. The van der Waals surface area contributed by atoms with Gasteiger partial charge in [-0.25, -0.2) is 18.5 Å². The van der Waals surface area contributed by atoms with Crippen molar-refractivity contribution in [2.45, 2.75) is 12.5 Å². The Bertz CT molecular complexity index is 1510. The predicted molar refractivity (Wildman–Crippen MR) is 136 cm³/mol. The zero-order chi connectivity index (χ0) is 24.6. The number of halogens is 2. The molecule has 1 unspecified atom stereocenters. The van der Waals surface area contributed by atoms with Gasteiger partial charge in [0.05, 0.1) is 28.9 Å². The van der Waals surface area contributed by atoms with Crippen molar-refractivity contribution >= 4 is 28.5 Å². The Balaban J connectivity index is 1.50. The number of carbonyl (C=O) groups is 1. The second-order valence-electron chi connectivity index (χ2n) is 8.39. The number of carbonyl (C=O) groups excluding carboxylic acids is 1. The van der Waals surface area contributed by atoms with Crippen molar-refractivity contribution in [1.82, 2.24) is 14.8 Å². The van der Waals surface area contributed by atoms with Gasteiger partial charge >= 0.3 is 0 Å². The zero-order valence-corrected chi connectivity index (χ0v) is 19.7. The summed E-state index contributed by atoms with van der Waals surface area (Å²) < 4.78 is 30.2. The number of para-hydroxylation sites is 1. The molecule has 0 radical (unpaired) electrons. The first-order valence-electron chi connectivity index (χ1n) is 11.3. The molecule has 3 aromatic carbocycles. The molecule has 0 bridgehead atoms. The number of benzene rings is 3. The Morgan fingerprint density at radius 2 is 1.67 bits per heavy atom. The van der Waals surface area contributed by atoms with Gasteiger partial charge in [0.1, 0.15) is 11.6 Å². The monoisotopic (exact) mass is 499 g/mol. The number of amides is 1. The maximum atomic E-state index is 14.7. The number of hydrogen-bond donors (Lipinski definition) is 0. The summed E-state index contributed by atoms with van der Waals surface area (Å²) in [4.78, 5) is 16.1. The molecular weight excluding hydrogens is 480 g/mol. The maximum absolute atomic E-state index is 14.7. The number of thioether (sulfide) groups is 1. The second-order valence-corrected chi connectivity index (χ2v) is 9.33. The van der Waals surface area contributed by atoms with Crippen molar-refractivity contribution in [3.63, 3.8) is 0 Å². The number of rotatable bonds is 4. The Kier molecular flexibility index (Phi) is 5.69. The van der Waals surface area contributed by atoms with Crippen molar-refractivity contribution in [2.75, 3.05) is 5.75 Å². The molecule has 178 valence electrons. The van der Waals surface area contributed by atoms with Crippen LogP contribution in [0.15, 0.2) is 95.2 Å². The van der Waals surface area contributed by atoms with E-state index in [0.717, 1.165) is 16.8 Å². The average Bonchev–Trinajstić information content (AvgIpc) is 3.63. The summed E-state index contributed by atoms with van der Waals surface area (Å²) in [6.45, 7) is 0. The van der Waals surface area contributed by atoms with E-state index in [9.17, 15) is 13.6 Å². The van der Waals surface area contributed by atoms with Gasteiger partial charge in [-0.1, -0.05) is 48.2 Å². The van der Waals surface area contributed by atoms with Crippen molar-refractivity contribution in [3.05, 3.63) is 108 Å². The smallest absolute Gasteiger partial charge is 0.258 e. The molecule has 4 aromatic rings. The van der Waals surface area contributed by atoms with Crippen LogP contribution < -0.4 is 0 Å². The van der Waals surface area contributed by atoms with Gasteiger partial charge < -0.3 is 0 Å². The Morgan fingerprint density at radius 1 is 0.917 bits per heavy atom. The molecule has 1 atom stereocenters. The van der Waals surface area contributed by atoms with Crippen molar-refractivity contribution < 1.29 is 13.6 Å². The van der Waals surface area contributed by atoms with Gasteiger partial charge in [0.15, 0.2) is 5.17 Å². The molecule has 0 N–H and O–H groups in total. The van der Waals surface area contributed by atoms with E-state index in [1.807, 2.05) is 36.5 Å². The molecule has 6 nitrogen and oxygen atoms in total. The molecule has 2 aliphatic rings. The highest BCUT2D eigenvalue weighted by Gasteiger charge is 2.37. The number of hydrogen-bond acceptors (Lipinski definition) is 5. The van der Waals surface area contributed by atoms with E-state index in [4.69, 9.17) is 10.2 Å². The van der Waals surface area contributed by atoms with E-state index in [-0.39, 0.29) is 23.3 Å². The molecule has 0 spiro atoms. The van der Waals surface area contributed by atoms with Crippen LogP contribution in [0.5, 0.6) is 0 Å². The largest absolute Gasteiger partial charge is 0.272 e. The lowest BCUT2D eigenvalue weighted by Gasteiger charge is -2.22. The molecule has 36 heavy (non-hydrogen) atoms. The molecule has 1 aromatic heterocycles. The minimum atomic E-state index is -0.394. The van der Waals surface area contributed by atoms with Gasteiger partial charge in [0, 0.05) is 29.3 Å². The Morgan fingerprint density at radius 3 is 2.39 bits per heavy atom. The lowest BCUT2D eigenvalue weighted by molar-refractivity contribution is -0.115. The van der Waals surface area contributed by atoms with Crippen molar-refractivity contribution in [2.24, 2.45) is 10.1 Å². The third-order valence-corrected chi connectivity index (χ3v) is 7.00. The van der Waals surface area contributed by atoms with Crippen LogP contribution >= 0.6 is 11.8 Å². The Labute approximate surface area is 210 Å². The Hall–Kier alpha value is -4.11. The summed E-state index contributed by atoms with van der Waals surface area (Å²) >= 11 is 1.30. The summed E-state index contributed by atoms with van der Waals surface area (Å²) in [5.41, 5.74) is 4.00. The van der Waals surface area contributed by atoms with Gasteiger partial charge in [-0.2, -0.15) is 15.2 Å². The molecule has 0 aliphatic carbocycles. The van der Waals surface area contributed by atoms with Crippen molar-refractivity contribution in [3.8, 4) is 16.9 Å². The van der Waals surface area contributed by atoms with Crippen molar-refractivity contribution in [1.29, 1.82) is 0 Å². The van der Waals surface area contributed by atoms with E-state index in [2.05, 4.69) is 4.99 Å². The van der Waals surface area contributed by atoms with Gasteiger partial charge in [-0.05, 0) is 42.5 Å². The molecule has 0 saturated carbocycles. The number of aliphatic imine (C=N–C) groups is 1. The van der Waals surface area contributed by atoms with Crippen LogP contribution in [0.1, 0.15) is 23.6 Å². The minimum Gasteiger partial charge on any atom is -0.272 e. The number of amidine groups is 1. The number of hydrazone groups is 1. The fourth-order valence-electron chi connectivity index (χ4n) is 4.38. The van der Waals surface area contributed by atoms with Gasteiger partial charge in [0.2, 0.25) is 0 Å². The second kappa shape index (κ2) is 9.16. The number of nitrogens with zero attached hydrogens (tertiary/aromatic N) is 5. The highest BCUT2D eigenvalue weighted by atomic mass is 32.2. The van der Waals surface area contributed by atoms with Gasteiger partial charge in [-0.15, -0.1) is 0 Å².